The van der Waals surface area contributed by atoms with Crippen LogP contribution in [0.1, 0.15) is 93.3 Å². The van der Waals surface area contributed by atoms with E-state index in [1.807, 2.05) is 13.0 Å². The minimum atomic E-state index is -1.46. The maximum absolute atomic E-state index is 14.5. The highest BCUT2D eigenvalue weighted by Crippen LogP contribution is 2.31. The minimum absolute atomic E-state index is 0.0280. The lowest BCUT2D eigenvalue weighted by molar-refractivity contribution is -0.145. The van der Waals surface area contributed by atoms with Gasteiger partial charge in [-0.3, -0.25) is 48.1 Å². The number of carboxylic acid groups (broad SMARTS) is 2. The number of ketones is 1. The number of hydrogen-bond donors (Lipinski definition) is 10. The Morgan fingerprint density at radius 1 is 0.851 bits per heavy atom. The van der Waals surface area contributed by atoms with Gasteiger partial charge in [0.15, 0.2) is 17.5 Å². The summed E-state index contributed by atoms with van der Waals surface area (Å²) in [5.41, 5.74) is 17.9. The first-order valence-electron chi connectivity index (χ1n) is 24.6. The molecule has 0 bridgehead atoms. The fourth-order valence-corrected chi connectivity index (χ4v) is 9.16. The number of anilines is 1. The van der Waals surface area contributed by atoms with Crippen molar-refractivity contribution >= 4 is 64.8 Å². The number of carbonyl (C=O) groups is 9. The van der Waals surface area contributed by atoms with Crippen molar-refractivity contribution in [2.45, 2.75) is 121 Å². The number of carboxylic acids is 2. The minimum Gasteiger partial charge on any atom is -0.494 e. The zero-order chi connectivity index (χ0) is 54.1. The van der Waals surface area contributed by atoms with E-state index in [0.717, 1.165) is 5.56 Å². The zero-order valence-electron chi connectivity index (χ0n) is 41.8. The fraction of sp³-hybridized carbons (Fsp3) is 0.500. The Balaban J connectivity index is 1.32. The molecule has 2 fully saturated rings. The number of imidazole rings is 1. The molecule has 2 aliphatic rings. The Morgan fingerprint density at radius 2 is 1.51 bits per heavy atom. The van der Waals surface area contributed by atoms with Gasteiger partial charge in [0.25, 0.3) is 5.91 Å². The Morgan fingerprint density at radius 3 is 2.14 bits per heavy atom. The molecule has 2 aliphatic heterocycles. The van der Waals surface area contributed by atoms with E-state index in [0.29, 0.717) is 31.4 Å². The van der Waals surface area contributed by atoms with Gasteiger partial charge in [-0.05, 0) is 68.6 Å². The van der Waals surface area contributed by atoms with E-state index < -0.39 is 108 Å². The summed E-state index contributed by atoms with van der Waals surface area (Å²) in [6, 6.07) is 6.26. The molecule has 0 spiro atoms. The van der Waals surface area contributed by atoms with E-state index in [4.69, 9.17) is 27.0 Å². The molecule has 1 aromatic heterocycles. The van der Waals surface area contributed by atoms with Crippen LogP contribution in [0.5, 0.6) is 5.75 Å². The SMILES string of the molecule is CCC(C)[C@H](NC(=O)c1cccc(NC(=O)[C@@H]2CCCN2C(=O)[C@H](CCCN=C(N)N)NC(=O)[C@@H](N)CC(=O)O)c1OC)C(=O)N[C@@H](Cc1cnc[nH]1)C(=O)N1CCC[C@H]1C(=O)CC(Cc1ccccc1)C(=O)O. The van der Waals surface area contributed by atoms with Gasteiger partial charge in [-0.15, -0.1) is 0 Å². The van der Waals surface area contributed by atoms with Crippen molar-refractivity contribution < 1.29 is 58.1 Å². The number of Topliss-reactive ketones (excluding diaryl/α,β-unsaturated/α-hetero) is 1. The molecular formula is C50H68N12O12. The van der Waals surface area contributed by atoms with Crippen LogP contribution in [-0.4, -0.2) is 152 Å². The van der Waals surface area contributed by atoms with Gasteiger partial charge in [-0.2, -0.15) is 0 Å². The summed E-state index contributed by atoms with van der Waals surface area (Å²) < 4.78 is 5.67. The van der Waals surface area contributed by atoms with Gasteiger partial charge in [-0.1, -0.05) is 56.7 Å². The quantitative estimate of drug-likeness (QED) is 0.0282. The van der Waals surface area contributed by atoms with E-state index >= 15 is 0 Å². The smallest absolute Gasteiger partial charge is 0.307 e. The van der Waals surface area contributed by atoms with Crippen molar-refractivity contribution in [3.05, 3.63) is 77.9 Å². The predicted molar refractivity (Wildman–Crippen MR) is 269 cm³/mol. The molecule has 0 radical (unpaired) electrons. The summed E-state index contributed by atoms with van der Waals surface area (Å²) in [5.74, 6) is -8.78. The summed E-state index contributed by atoms with van der Waals surface area (Å²) in [7, 11) is 1.28. The number of nitrogens with one attached hydrogen (secondary N) is 5. The monoisotopic (exact) mass is 1030 g/mol. The lowest BCUT2D eigenvalue weighted by atomic mass is 9.91. The van der Waals surface area contributed by atoms with Crippen molar-refractivity contribution in [3.8, 4) is 5.75 Å². The number of amides is 6. The molecule has 74 heavy (non-hydrogen) atoms. The second kappa shape index (κ2) is 27.2. The maximum Gasteiger partial charge on any atom is 0.307 e. The van der Waals surface area contributed by atoms with Crippen molar-refractivity contribution in [2.75, 3.05) is 32.1 Å². The van der Waals surface area contributed by atoms with Crippen molar-refractivity contribution in [1.29, 1.82) is 0 Å². The summed E-state index contributed by atoms with van der Waals surface area (Å²) in [5, 5.41) is 30.1. The van der Waals surface area contributed by atoms with Gasteiger partial charge in [0, 0.05) is 44.4 Å². The number of aliphatic imine (C=N–C) groups is 1. The number of likely N-dealkylation sites (tertiary alicyclic amines) is 2. The number of ether oxygens (including phenoxy) is 1. The highest BCUT2D eigenvalue weighted by atomic mass is 16.5. The number of aliphatic carboxylic acids is 2. The van der Waals surface area contributed by atoms with Gasteiger partial charge < -0.3 is 68.2 Å². The lowest BCUT2D eigenvalue weighted by Crippen LogP contribution is -2.58. The number of nitrogens with zero attached hydrogens (tertiary/aromatic N) is 4. The van der Waals surface area contributed by atoms with Gasteiger partial charge in [0.05, 0.1) is 49.1 Å². The first-order valence-corrected chi connectivity index (χ1v) is 24.6. The number of methoxy groups -OCH3 is 1. The highest BCUT2D eigenvalue weighted by Gasteiger charge is 2.41. The molecule has 5 rings (SSSR count). The standard InChI is InChI=1S/C50H68N12O12/c1-4-28(2)41(46(69)59-36(24-31-26-54-27-56-31)48(71)61-20-10-17-37(61)39(63)23-30(49(72)73)22-29-12-6-5-7-13-29)60-43(66)32-14-8-15-34(42(32)74-3)57-45(68)38-18-11-21-62(38)47(70)35(16-9-19-55-50(52)53)58-44(67)33(51)25-40(64)65/h5-8,12-15,26-28,30,33,35-38,41H,4,9-11,16-25,51H2,1-3H3,(H,54,56)(H,57,68)(H,58,67)(H,59,69)(H,60,66)(H,64,65)(H,72,73)(H4,52,53,55)/t28?,30?,33-,35-,36-,37-,38-,41-/m0/s1. The Hall–Kier alpha value is -7.89. The van der Waals surface area contributed by atoms with E-state index in [2.05, 4.69) is 36.2 Å². The molecular weight excluding hydrogens is 961 g/mol. The molecule has 3 aromatic rings. The van der Waals surface area contributed by atoms with E-state index in [9.17, 15) is 48.3 Å². The van der Waals surface area contributed by atoms with Crippen LogP contribution in [0.15, 0.2) is 66.0 Å². The molecule has 13 N–H and O–H groups in total. The number of benzene rings is 2. The molecule has 2 aromatic carbocycles. The van der Waals surface area contributed by atoms with Crippen LogP contribution in [0.4, 0.5) is 5.69 Å². The Labute approximate surface area is 428 Å². The molecule has 0 aliphatic carbocycles. The topological polar surface area (TPSA) is 377 Å². The fourth-order valence-electron chi connectivity index (χ4n) is 9.16. The summed E-state index contributed by atoms with van der Waals surface area (Å²) in [4.78, 5) is 135. The number of H-pyrrole nitrogens is 1. The molecule has 8 atom stereocenters. The van der Waals surface area contributed by atoms with Crippen LogP contribution in [-0.2, 0) is 51.2 Å². The van der Waals surface area contributed by atoms with E-state index in [1.54, 1.807) is 31.2 Å². The van der Waals surface area contributed by atoms with Crippen LogP contribution in [0, 0.1) is 11.8 Å². The number of rotatable bonds is 27. The van der Waals surface area contributed by atoms with Crippen LogP contribution >= 0.6 is 0 Å². The summed E-state index contributed by atoms with van der Waals surface area (Å²) >= 11 is 0. The normalized spacial score (nSPS) is 17.6. The molecule has 6 amide bonds. The third-order valence-corrected chi connectivity index (χ3v) is 13.3. The van der Waals surface area contributed by atoms with Gasteiger partial charge in [0.1, 0.15) is 24.2 Å². The molecule has 400 valence electrons. The number of carbonyl (C=O) groups excluding carboxylic acids is 7. The van der Waals surface area contributed by atoms with Crippen LogP contribution in [0.2, 0.25) is 0 Å². The summed E-state index contributed by atoms with van der Waals surface area (Å²) in [6.45, 7) is 4.01. The number of guanidine groups is 1. The van der Waals surface area contributed by atoms with Gasteiger partial charge in [-0.25, -0.2) is 4.98 Å². The number of aromatic nitrogens is 2. The first-order chi connectivity index (χ1) is 35.3. The van der Waals surface area contributed by atoms with E-state index in [1.165, 1.54) is 47.6 Å². The second-order valence-corrected chi connectivity index (χ2v) is 18.5. The molecule has 3 heterocycles. The highest BCUT2D eigenvalue weighted by molar-refractivity contribution is 6.05. The van der Waals surface area contributed by atoms with Crippen LogP contribution in [0.3, 0.4) is 0 Å². The molecule has 2 unspecified atom stereocenters. The second-order valence-electron chi connectivity index (χ2n) is 18.5. The third kappa shape index (κ3) is 15.6. The Bertz CT molecular complexity index is 2500. The predicted octanol–water partition coefficient (Wildman–Crippen LogP) is 0.454. The largest absolute Gasteiger partial charge is 0.494 e. The van der Waals surface area contributed by atoms with E-state index in [-0.39, 0.29) is 81.1 Å². The Kier molecular flexibility index (Phi) is 21.0. The average molecular weight is 1030 g/mol. The van der Waals surface area contributed by atoms with Gasteiger partial charge in [0.2, 0.25) is 29.5 Å². The average Bonchev–Trinajstić information content (AvgIpc) is 4.19. The van der Waals surface area contributed by atoms with Gasteiger partial charge >= 0.3 is 11.9 Å². The lowest BCUT2D eigenvalue weighted by Gasteiger charge is -2.31. The first kappa shape index (κ1) is 57.0. The number of aromatic amines is 1. The zero-order valence-corrected chi connectivity index (χ0v) is 41.8. The van der Waals surface area contributed by atoms with Crippen LogP contribution in [0.25, 0.3) is 0 Å². The molecule has 2 saturated heterocycles. The molecule has 24 heteroatoms. The summed E-state index contributed by atoms with van der Waals surface area (Å²) in [6.07, 6.45) is 4.11. The molecule has 24 nitrogen and oxygen atoms in total. The number of para-hydroxylation sites is 1. The van der Waals surface area contributed by atoms with Crippen molar-refractivity contribution in [2.24, 2.45) is 34.0 Å². The van der Waals surface area contributed by atoms with Crippen molar-refractivity contribution in [3.63, 3.8) is 0 Å². The number of hydrogen-bond acceptors (Lipinski definition) is 13. The third-order valence-electron chi connectivity index (χ3n) is 13.3. The molecule has 0 saturated carbocycles. The van der Waals surface area contributed by atoms with Crippen molar-refractivity contribution in [1.82, 2.24) is 35.7 Å². The number of nitrogens with two attached hydrogens (primary N) is 3. The maximum atomic E-state index is 14.5. The van der Waals surface area contributed by atoms with Crippen LogP contribution < -0.4 is 43.2 Å².